The van der Waals surface area contributed by atoms with E-state index < -0.39 is 0 Å². The summed E-state index contributed by atoms with van der Waals surface area (Å²) in [6.45, 7) is 7.15. The summed E-state index contributed by atoms with van der Waals surface area (Å²) in [7, 11) is 0. The predicted octanol–water partition coefficient (Wildman–Crippen LogP) is 8.74. The average Bonchev–Trinajstić information content (AvgIpc) is 3.16. The molecule has 0 amide bonds. The lowest BCUT2D eigenvalue weighted by atomic mass is 9.47. The molecule has 6 atom stereocenters. The molecule has 0 radical (unpaired) electrons. The number of allylic oxidation sites excluding steroid dienone is 1. The molecule has 0 N–H and O–H groups in total. The largest absolute Gasteiger partial charge is 0.462 e. The predicted molar refractivity (Wildman–Crippen MR) is 143 cm³/mol. The minimum absolute atomic E-state index is 0.0465. The van der Waals surface area contributed by atoms with Gasteiger partial charge in [-0.15, -0.1) is 0 Å². The first-order valence-corrected chi connectivity index (χ1v) is 15.3. The van der Waals surface area contributed by atoms with Gasteiger partial charge in [0.15, 0.2) is 5.78 Å². The van der Waals surface area contributed by atoms with Crippen LogP contribution in [0.3, 0.4) is 0 Å². The number of carbonyl (C=O) groups is 2. The van der Waals surface area contributed by atoms with Crippen molar-refractivity contribution in [1.29, 1.82) is 0 Å². The second-order valence-electron chi connectivity index (χ2n) is 13.0. The van der Waals surface area contributed by atoms with Crippen molar-refractivity contribution in [2.45, 2.75) is 149 Å². The number of ketones is 1. The number of fused-ring (bicyclic) bond motifs is 5. The van der Waals surface area contributed by atoms with Crippen molar-refractivity contribution in [3.63, 3.8) is 0 Å². The monoisotopic (exact) mass is 484 g/mol. The van der Waals surface area contributed by atoms with Crippen LogP contribution < -0.4 is 0 Å². The quantitative estimate of drug-likeness (QED) is 0.205. The first-order chi connectivity index (χ1) is 16.9. The number of rotatable bonds is 12. The van der Waals surface area contributed by atoms with Crippen molar-refractivity contribution in [2.75, 3.05) is 0 Å². The average molecular weight is 485 g/mol. The summed E-state index contributed by atoms with van der Waals surface area (Å²) in [5.74, 6) is 2.49. The Kier molecular flexibility index (Phi) is 9.19. The van der Waals surface area contributed by atoms with Crippen LogP contribution in [0.4, 0.5) is 0 Å². The highest BCUT2D eigenvalue weighted by Crippen LogP contribution is 2.65. The van der Waals surface area contributed by atoms with Crippen LogP contribution in [0.25, 0.3) is 0 Å². The highest BCUT2D eigenvalue weighted by molar-refractivity contribution is 5.91. The van der Waals surface area contributed by atoms with Crippen LogP contribution in [-0.2, 0) is 14.3 Å². The normalized spacial score (nSPS) is 36.2. The Hall–Kier alpha value is -1.12. The van der Waals surface area contributed by atoms with Crippen molar-refractivity contribution in [2.24, 2.45) is 28.6 Å². The third kappa shape index (κ3) is 5.90. The van der Waals surface area contributed by atoms with Gasteiger partial charge in [-0.1, -0.05) is 84.1 Å². The molecule has 3 nitrogen and oxygen atoms in total. The molecule has 198 valence electrons. The number of carbonyl (C=O) groups excluding carboxylic acids is 2. The maximum absolute atomic E-state index is 12.7. The van der Waals surface area contributed by atoms with Crippen LogP contribution >= 0.6 is 0 Å². The van der Waals surface area contributed by atoms with Crippen LogP contribution in [0.1, 0.15) is 143 Å². The fourth-order valence-electron chi connectivity index (χ4n) is 8.68. The van der Waals surface area contributed by atoms with Crippen molar-refractivity contribution in [1.82, 2.24) is 0 Å². The summed E-state index contributed by atoms with van der Waals surface area (Å²) in [6, 6.07) is 0. The minimum atomic E-state index is 0.0465. The number of esters is 1. The Balaban J connectivity index is 1.20. The minimum Gasteiger partial charge on any atom is -0.462 e. The summed E-state index contributed by atoms with van der Waals surface area (Å²) in [6.07, 6.45) is 24.4. The van der Waals surface area contributed by atoms with E-state index in [9.17, 15) is 9.59 Å². The smallest absolute Gasteiger partial charge is 0.306 e. The zero-order valence-corrected chi connectivity index (χ0v) is 23.0. The molecule has 0 aliphatic heterocycles. The molecule has 0 aromatic rings. The van der Waals surface area contributed by atoms with Gasteiger partial charge in [-0.25, -0.2) is 0 Å². The van der Waals surface area contributed by atoms with E-state index in [0.717, 1.165) is 44.4 Å². The number of hydrogen-bond acceptors (Lipinski definition) is 3. The van der Waals surface area contributed by atoms with Crippen LogP contribution in [0.2, 0.25) is 0 Å². The van der Waals surface area contributed by atoms with Gasteiger partial charge in [0.1, 0.15) is 6.10 Å². The summed E-state index contributed by atoms with van der Waals surface area (Å²) in [5, 5.41) is 0. The first kappa shape index (κ1) is 26.9. The van der Waals surface area contributed by atoms with Gasteiger partial charge >= 0.3 is 5.97 Å². The molecule has 0 saturated heterocycles. The standard InChI is InChI=1S/C32H52O3/c1-4-5-6-7-8-9-10-11-12-13-14-30(34)35-29-18-17-27-26-16-15-24-23-25(33)19-21-31(24,2)28(26)20-22-32(27,29)3/h23,26-29H,4-22H2,1-3H3/t26-,27-,28-,29?,31-,32-/m0/s1. The molecule has 3 fully saturated rings. The Labute approximate surface area is 215 Å². The lowest BCUT2D eigenvalue weighted by molar-refractivity contribution is -0.160. The van der Waals surface area contributed by atoms with E-state index in [-0.39, 0.29) is 22.9 Å². The van der Waals surface area contributed by atoms with Gasteiger partial charge in [0, 0.05) is 18.3 Å². The molecule has 0 heterocycles. The number of unbranched alkanes of at least 4 members (excludes halogenated alkanes) is 9. The van der Waals surface area contributed by atoms with Gasteiger partial charge in [0.25, 0.3) is 0 Å². The Bertz CT molecular complexity index is 769. The maximum Gasteiger partial charge on any atom is 0.306 e. The van der Waals surface area contributed by atoms with Crippen molar-refractivity contribution >= 4 is 11.8 Å². The topological polar surface area (TPSA) is 43.4 Å². The maximum atomic E-state index is 12.7. The van der Waals surface area contributed by atoms with E-state index in [2.05, 4.69) is 20.8 Å². The molecule has 0 bridgehead atoms. The summed E-state index contributed by atoms with van der Waals surface area (Å²) in [5.41, 5.74) is 1.81. The third-order valence-corrected chi connectivity index (χ3v) is 10.9. The molecular weight excluding hydrogens is 432 g/mol. The molecule has 4 rings (SSSR count). The van der Waals surface area contributed by atoms with E-state index in [1.54, 1.807) is 0 Å². The Morgan fingerprint density at radius 3 is 2.26 bits per heavy atom. The van der Waals surface area contributed by atoms with Gasteiger partial charge in [-0.05, 0) is 80.6 Å². The number of ether oxygens (including phenoxy) is 1. The van der Waals surface area contributed by atoms with E-state index in [0.29, 0.717) is 24.0 Å². The van der Waals surface area contributed by atoms with Crippen LogP contribution in [0.15, 0.2) is 11.6 Å². The second-order valence-corrected chi connectivity index (χ2v) is 13.0. The van der Waals surface area contributed by atoms with E-state index in [1.165, 1.54) is 82.6 Å². The zero-order chi connectivity index (χ0) is 24.9. The molecular formula is C32H52O3. The molecule has 0 spiro atoms. The van der Waals surface area contributed by atoms with E-state index in [1.807, 2.05) is 6.08 Å². The summed E-state index contributed by atoms with van der Waals surface area (Å²) < 4.78 is 6.20. The Morgan fingerprint density at radius 1 is 0.857 bits per heavy atom. The van der Waals surface area contributed by atoms with Gasteiger partial charge in [0.05, 0.1) is 0 Å². The molecule has 3 saturated carbocycles. The fourth-order valence-corrected chi connectivity index (χ4v) is 8.68. The molecule has 3 heteroatoms. The molecule has 35 heavy (non-hydrogen) atoms. The van der Waals surface area contributed by atoms with Gasteiger partial charge < -0.3 is 4.74 Å². The van der Waals surface area contributed by atoms with Crippen molar-refractivity contribution in [3.05, 3.63) is 11.6 Å². The highest BCUT2D eigenvalue weighted by Gasteiger charge is 2.59. The first-order valence-electron chi connectivity index (χ1n) is 15.3. The molecule has 1 unspecified atom stereocenters. The molecule has 4 aliphatic rings. The van der Waals surface area contributed by atoms with Gasteiger partial charge in [-0.2, -0.15) is 0 Å². The second kappa shape index (κ2) is 12.0. The zero-order valence-electron chi connectivity index (χ0n) is 23.0. The van der Waals surface area contributed by atoms with Crippen LogP contribution in [0, 0.1) is 28.6 Å². The van der Waals surface area contributed by atoms with Gasteiger partial charge in [0.2, 0.25) is 0 Å². The summed E-state index contributed by atoms with van der Waals surface area (Å²) >= 11 is 0. The fraction of sp³-hybridized carbons (Fsp3) is 0.875. The van der Waals surface area contributed by atoms with E-state index in [4.69, 9.17) is 4.74 Å². The molecule has 4 aliphatic carbocycles. The van der Waals surface area contributed by atoms with Crippen molar-refractivity contribution in [3.8, 4) is 0 Å². The third-order valence-electron chi connectivity index (χ3n) is 10.9. The molecule has 0 aromatic carbocycles. The SMILES string of the molecule is CCCCCCCCCCCCC(=O)OC1CC[C@H]2[C@@H]3CCC4=CC(=O)CC[C@]4(C)[C@H]3CC[C@]12C. The summed E-state index contributed by atoms with van der Waals surface area (Å²) in [4.78, 5) is 24.8. The van der Waals surface area contributed by atoms with Gasteiger partial charge in [-0.3, -0.25) is 9.59 Å². The lowest BCUT2D eigenvalue weighted by Crippen LogP contribution is -2.51. The van der Waals surface area contributed by atoms with Crippen LogP contribution in [-0.4, -0.2) is 17.9 Å². The Morgan fingerprint density at radius 2 is 1.54 bits per heavy atom. The van der Waals surface area contributed by atoms with E-state index >= 15 is 0 Å². The van der Waals surface area contributed by atoms with Crippen LogP contribution in [0.5, 0.6) is 0 Å². The molecule has 0 aromatic heterocycles. The number of hydrogen-bond donors (Lipinski definition) is 0. The highest BCUT2D eigenvalue weighted by atomic mass is 16.5. The van der Waals surface area contributed by atoms with Crippen molar-refractivity contribution < 1.29 is 14.3 Å². The lowest BCUT2D eigenvalue weighted by Gasteiger charge is -2.57.